The third-order valence-corrected chi connectivity index (χ3v) is 8.95. The molecule has 1 atom stereocenters. The van der Waals surface area contributed by atoms with Crippen molar-refractivity contribution < 1.29 is 30.0 Å². The maximum atomic E-state index is 13.2. The summed E-state index contributed by atoms with van der Waals surface area (Å²) in [6, 6.07) is 8.67. The van der Waals surface area contributed by atoms with Crippen molar-refractivity contribution in [1.82, 2.24) is 28.5 Å². The van der Waals surface area contributed by atoms with E-state index >= 15 is 0 Å². The van der Waals surface area contributed by atoms with Crippen molar-refractivity contribution in [2.45, 2.75) is 30.0 Å². The van der Waals surface area contributed by atoms with Gasteiger partial charge < -0.3 is 4.98 Å². The second-order valence-corrected chi connectivity index (χ2v) is 13.0. The van der Waals surface area contributed by atoms with Crippen LogP contribution in [0, 0.1) is 5.92 Å². The van der Waals surface area contributed by atoms with Gasteiger partial charge in [-0.3, -0.25) is 4.90 Å². The Morgan fingerprint density at radius 2 is 1.79 bits per heavy atom. The van der Waals surface area contributed by atoms with Crippen LogP contribution in [0.15, 0.2) is 53.7 Å². The number of fused-ring (bicyclic) bond motifs is 3. The number of hydrogen-bond donors (Lipinski definition) is 2. The summed E-state index contributed by atoms with van der Waals surface area (Å²) in [6.07, 6.45) is 0.179. The number of pyridine rings is 1. The van der Waals surface area contributed by atoms with E-state index in [-0.39, 0.29) is 35.4 Å². The first-order valence-electron chi connectivity index (χ1n) is 11.7. The number of rotatable bonds is 7. The standard InChI is InChI=1S/C23H25F3N6O4S2/c1-37(33,34)30-19(15-7-10-31(11-8-15)14-23(24,25)26)21-28-18-13-27-22-17(20(18)29-21)9-12-32(22)38(35,36)16-5-3-2-4-6-16/h2-6,9,12-13,15,19,30H,7-8,10-11,14H2,1H3,(H,28,29). The van der Waals surface area contributed by atoms with E-state index in [1.54, 1.807) is 24.3 Å². The smallest absolute Gasteiger partial charge is 0.339 e. The van der Waals surface area contributed by atoms with Crippen molar-refractivity contribution in [2.75, 3.05) is 25.9 Å². The highest BCUT2D eigenvalue weighted by molar-refractivity contribution is 7.90. The van der Waals surface area contributed by atoms with E-state index in [1.165, 1.54) is 29.4 Å². The second kappa shape index (κ2) is 9.63. The molecule has 1 saturated heterocycles. The van der Waals surface area contributed by atoms with Crippen molar-refractivity contribution in [2.24, 2.45) is 5.92 Å². The number of likely N-dealkylation sites (tertiary alicyclic amines) is 1. The largest absolute Gasteiger partial charge is 0.401 e. The molecule has 38 heavy (non-hydrogen) atoms. The quantitative estimate of drug-likeness (QED) is 0.349. The van der Waals surface area contributed by atoms with Crippen LogP contribution < -0.4 is 4.72 Å². The summed E-state index contributed by atoms with van der Waals surface area (Å²) < 4.78 is 92.8. The monoisotopic (exact) mass is 570 g/mol. The molecule has 1 aromatic carbocycles. The zero-order valence-corrected chi connectivity index (χ0v) is 21.8. The van der Waals surface area contributed by atoms with Crippen LogP contribution in [0.2, 0.25) is 0 Å². The number of aromatic nitrogens is 4. The first kappa shape index (κ1) is 26.6. The predicted octanol–water partition coefficient (Wildman–Crippen LogP) is 3.01. The highest BCUT2D eigenvalue weighted by Crippen LogP contribution is 2.34. The fraction of sp³-hybridized carbons (Fsp3) is 0.391. The van der Waals surface area contributed by atoms with Crippen LogP contribution in [-0.2, 0) is 20.0 Å². The molecule has 10 nitrogen and oxygen atoms in total. The molecule has 0 aliphatic carbocycles. The summed E-state index contributed by atoms with van der Waals surface area (Å²) in [5.41, 5.74) is 1.03. The van der Waals surface area contributed by atoms with E-state index in [2.05, 4.69) is 19.7 Å². The number of aromatic amines is 1. The first-order valence-corrected chi connectivity index (χ1v) is 15.1. The Hall–Kier alpha value is -3.01. The number of hydrogen-bond acceptors (Lipinski definition) is 7. The van der Waals surface area contributed by atoms with Crippen LogP contribution in [0.1, 0.15) is 24.7 Å². The summed E-state index contributed by atoms with van der Waals surface area (Å²) in [6.45, 7) is -0.683. The predicted molar refractivity (Wildman–Crippen MR) is 134 cm³/mol. The SMILES string of the molecule is CS(=O)(=O)NC(c1nc2c(cnc3c2ccn3S(=O)(=O)c2ccccc2)[nH]1)C1CCN(CC(F)(F)F)CC1. The van der Waals surface area contributed by atoms with Crippen molar-refractivity contribution in [3.8, 4) is 0 Å². The molecule has 5 rings (SSSR count). The molecule has 1 unspecified atom stereocenters. The highest BCUT2D eigenvalue weighted by atomic mass is 32.2. The fourth-order valence-corrected chi connectivity index (χ4v) is 6.99. The van der Waals surface area contributed by atoms with Gasteiger partial charge in [-0.2, -0.15) is 13.2 Å². The van der Waals surface area contributed by atoms with E-state index in [9.17, 15) is 30.0 Å². The minimum Gasteiger partial charge on any atom is -0.339 e. The van der Waals surface area contributed by atoms with Crippen LogP contribution in [0.4, 0.5) is 13.2 Å². The maximum Gasteiger partial charge on any atom is 0.401 e. The van der Waals surface area contributed by atoms with Gasteiger partial charge in [0.05, 0.1) is 35.5 Å². The van der Waals surface area contributed by atoms with Crippen LogP contribution in [0.5, 0.6) is 0 Å². The number of alkyl halides is 3. The van der Waals surface area contributed by atoms with Crippen molar-refractivity contribution in [3.05, 3.63) is 54.6 Å². The van der Waals surface area contributed by atoms with Crippen LogP contribution in [-0.4, -0.2) is 72.7 Å². The number of nitrogens with zero attached hydrogens (tertiary/aromatic N) is 4. The summed E-state index contributed by atoms with van der Waals surface area (Å²) in [5.74, 6) is -0.0195. The van der Waals surface area contributed by atoms with Gasteiger partial charge in [0.25, 0.3) is 10.0 Å². The van der Waals surface area contributed by atoms with E-state index < -0.39 is 38.8 Å². The second-order valence-electron chi connectivity index (χ2n) is 9.41. The van der Waals surface area contributed by atoms with Crippen molar-refractivity contribution in [1.29, 1.82) is 0 Å². The number of benzene rings is 1. The molecule has 2 N–H and O–H groups in total. The minimum absolute atomic E-state index is 0.0939. The van der Waals surface area contributed by atoms with Gasteiger partial charge in [-0.15, -0.1) is 0 Å². The Morgan fingerprint density at radius 1 is 1.11 bits per heavy atom. The first-order chi connectivity index (χ1) is 17.8. The van der Waals surface area contributed by atoms with Crippen molar-refractivity contribution >= 4 is 42.1 Å². The van der Waals surface area contributed by atoms with Gasteiger partial charge in [-0.1, -0.05) is 18.2 Å². The van der Waals surface area contributed by atoms with Gasteiger partial charge in [0, 0.05) is 11.6 Å². The van der Waals surface area contributed by atoms with Crippen molar-refractivity contribution in [3.63, 3.8) is 0 Å². The Bertz CT molecular complexity index is 1680. The molecule has 0 amide bonds. The van der Waals surface area contributed by atoms with Gasteiger partial charge in [-0.05, 0) is 50.0 Å². The number of halogens is 3. The number of nitrogens with one attached hydrogen (secondary N) is 2. The molecule has 204 valence electrons. The highest BCUT2D eigenvalue weighted by Gasteiger charge is 2.36. The topological polar surface area (TPSA) is 130 Å². The Kier molecular flexibility index (Phi) is 6.74. The van der Waals surface area contributed by atoms with Gasteiger partial charge in [0.2, 0.25) is 10.0 Å². The molecular formula is C23H25F3N6O4S2. The van der Waals surface area contributed by atoms with Crippen LogP contribution in [0.3, 0.4) is 0 Å². The Labute approximate surface area is 217 Å². The van der Waals surface area contributed by atoms with Gasteiger partial charge >= 0.3 is 6.18 Å². The van der Waals surface area contributed by atoms with Gasteiger partial charge in [0.15, 0.2) is 5.65 Å². The molecule has 0 radical (unpaired) electrons. The third-order valence-electron chi connectivity index (χ3n) is 6.59. The summed E-state index contributed by atoms with van der Waals surface area (Å²) in [7, 11) is -7.61. The molecular weight excluding hydrogens is 545 g/mol. The third kappa shape index (κ3) is 5.41. The summed E-state index contributed by atoms with van der Waals surface area (Å²) in [5, 5.41) is 0.447. The van der Waals surface area contributed by atoms with E-state index in [0.29, 0.717) is 29.3 Å². The molecule has 4 aromatic rings. The fourth-order valence-electron chi connectivity index (χ4n) is 4.90. The number of H-pyrrole nitrogens is 1. The Morgan fingerprint density at radius 3 is 2.42 bits per heavy atom. The van der Waals surface area contributed by atoms with Gasteiger partial charge in [0.1, 0.15) is 11.3 Å². The number of imidazole rings is 1. The zero-order valence-electron chi connectivity index (χ0n) is 20.2. The Balaban J connectivity index is 1.50. The average molecular weight is 571 g/mol. The lowest BCUT2D eigenvalue weighted by molar-refractivity contribution is -0.148. The molecule has 4 heterocycles. The normalized spacial score (nSPS) is 17.4. The number of sulfonamides is 1. The summed E-state index contributed by atoms with van der Waals surface area (Å²) >= 11 is 0. The number of piperidine rings is 1. The molecule has 1 fully saturated rings. The molecule has 0 bridgehead atoms. The molecule has 1 aliphatic heterocycles. The van der Waals surface area contributed by atoms with Crippen LogP contribution >= 0.6 is 0 Å². The molecule has 15 heteroatoms. The molecule has 0 spiro atoms. The van der Waals surface area contributed by atoms with E-state index in [1.807, 2.05) is 0 Å². The molecule has 1 aliphatic rings. The van der Waals surface area contributed by atoms with Crippen LogP contribution in [0.25, 0.3) is 22.1 Å². The van der Waals surface area contributed by atoms with E-state index in [4.69, 9.17) is 0 Å². The molecule has 0 saturated carbocycles. The average Bonchev–Trinajstić information content (AvgIpc) is 3.47. The lowest BCUT2D eigenvalue weighted by atomic mass is 9.89. The lowest BCUT2D eigenvalue weighted by Crippen LogP contribution is -2.43. The van der Waals surface area contributed by atoms with Gasteiger partial charge in [-0.25, -0.2) is 35.5 Å². The van der Waals surface area contributed by atoms with E-state index in [0.717, 1.165) is 10.2 Å². The summed E-state index contributed by atoms with van der Waals surface area (Å²) in [4.78, 5) is 13.4. The molecule has 3 aromatic heterocycles. The maximum absolute atomic E-state index is 13.2. The zero-order chi connectivity index (χ0) is 27.3. The minimum atomic E-state index is -4.31. The lowest BCUT2D eigenvalue weighted by Gasteiger charge is -2.35.